The van der Waals surface area contributed by atoms with Crippen LogP contribution in [-0.2, 0) is 14.3 Å². The second-order valence-electron chi connectivity index (χ2n) is 6.08. The van der Waals surface area contributed by atoms with Gasteiger partial charge in [0.15, 0.2) is 0 Å². The van der Waals surface area contributed by atoms with Crippen molar-refractivity contribution in [1.29, 1.82) is 0 Å². The van der Waals surface area contributed by atoms with Crippen molar-refractivity contribution in [3.8, 4) is 0 Å². The lowest BCUT2D eigenvalue weighted by Crippen LogP contribution is -2.45. The van der Waals surface area contributed by atoms with Crippen molar-refractivity contribution >= 4 is 40.4 Å². The van der Waals surface area contributed by atoms with E-state index in [0.717, 1.165) is 3.57 Å². The largest absolute Gasteiger partial charge is 0.466 e. The molecule has 0 atom stereocenters. The first-order valence-electron chi connectivity index (χ1n) is 8.37. The number of nitrogens with zero attached hydrogens (tertiary/aromatic N) is 2. The van der Waals surface area contributed by atoms with Gasteiger partial charge in [-0.1, -0.05) is 6.07 Å². The van der Waals surface area contributed by atoms with Gasteiger partial charge in [0.25, 0.3) is 5.91 Å². The molecule has 1 fully saturated rings. The van der Waals surface area contributed by atoms with Crippen molar-refractivity contribution in [2.75, 3.05) is 33.3 Å². The third-order valence-electron chi connectivity index (χ3n) is 4.26. The van der Waals surface area contributed by atoms with E-state index in [-0.39, 0.29) is 30.2 Å². The Morgan fingerprint density at radius 1 is 1.28 bits per heavy atom. The molecule has 1 aromatic rings. The molecule has 0 N–H and O–H groups in total. The van der Waals surface area contributed by atoms with Gasteiger partial charge in [0.1, 0.15) is 0 Å². The highest BCUT2D eigenvalue weighted by Crippen LogP contribution is 2.19. The minimum absolute atomic E-state index is 0.0361. The van der Waals surface area contributed by atoms with Crippen LogP contribution < -0.4 is 0 Å². The number of rotatable bonds is 5. The van der Waals surface area contributed by atoms with Crippen molar-refractivity contribution in [1.82, 2.24) is 9.80 Å². The molecule has 25 heavy (non-hydrogen) atoms. The molecular formula is C18H23IN2O4. The highest BCUT2D eigenvalue weighted by atomic mass is 127. The number of likely N-dealkylation sites (tertiary alicyclic amines) is 1. The SMILES string of the molecule is CCOC(=O)C1CCN(C(=O)CN(C)C(=O)c2cccc(I)c2)CC1. The van der Waals surface area contributed by atoms with E-state index in [1.54, 1.807) is 31.0 Å². The molecule has 0 saturated carbocycles. The van der Waals surface area contributed by atoms with E-state index < -0.39 is 0 Å². The normalized spacial score (nSPS) is 14.9. The summed E-state index contributed by atoms with van der Waals surface area (Å²) in [6, 6.07) is 7.28. The van der Waals surface area contributed by atoms with E-state index in [1.165, 1.54) is 4.90 Å². The van der Waals surface area contributed by atoms with E-state index in [2.05, 4.69) is 22.6 Å². The summed E-state index contributed by atoms with van der Waals surface area (Å²) in [5.74, 6) is -0.576. The third kappa shape index (κ3) is 5.42. The Bertz CT molecular complexity index is 642. The van der Waals surface area contributed by atoms with E-state index in [0.29, 0.717) is 38.1 Å². The Morgan fingerprint density at radius 2 is 1.96 bits per heavy atom. The zero-order valence-corrected chi connectivity index (χ0v) is 16.7. The first-order chi connectivity index (χ1) is 11.9. The van der Waals surface area contributed by atoms with E-state index in [1.807, 2.05) is 12.1 Å². The minimum Gasteiger partial charge on any atom is -0.466 e. The van der Waals surface area contributed by atoms with Gasteiger partial charge >= 0.3 is 5.97 Å². The fourth-order valence-corrected chi connectivity index (χ4v) is 3.38. The standard InChI is InChI=1S/C18H23IN2O4/c1-3-25-18(24)13-7-9-21(10-8-13)16(22)12-20(2)17(23)14-5-4-6-15(19)11-14/h4-6,11,13H,3,7-10,12H2,1-2H3. The number of halogens is 1. The third-order valence-corrected chi connectivity index (χ3v) is 4.93. The average Bonchev–Trinajstić information content (AvgIpc) is 2.61. The number of hydrogen-bond acceptors (Lipinski definition) is 4. The average molecular weight is 458 g/mol. The summed E-state index contributed by atoms with van der Waals surface area (Å²) < 4.78 is 6.01. The van der Waals surface area contributed by atoms with Crippen LogP contribution in [0, 0.1) is 9.49 Å². The number of likely N-dealkylation sites (N-methyl/N-ethyl adjacent to an activating group) is 1. The van der Waals surface area contributed by atoms with Gasteiger partial charge in [0.05, 0.1) is 19.1 Å². The van der Waals surface area contributed by atoms with Gasteiger partial charge in [0.2, 0.25) is 5.91 Å². The van der Waals surface area contributed by atoms with Crippen LogP contribution in [0.3, 0.4) is 0 Å². The monoisotopic (exact) mass is 458 g/mol. The van der Waals surface area contributed by atoms with Gasteiger partial charge in [-0.15, -0.1) is 0 Å². The molecule has 0 spiro atoms. The van der Waals surface area contributed by atoms with Gasteiger partial charge in [-0.05, 0) is 60.6 Å². The van der Waals surface area contributed by atoms with Crippen molar-refractivity contribution < 1.29 is 19.1 Å². The van der Waals surface area contributed by atoms with Gasteiger partial charge < -0.3 is 14.5 Å². The molecule has 6 nitrogen and oxygen atoms in total. The molecule has 2 rings (SSSR count). The molecule has 1 heterocycles. The van der Waals surface area contributed by atoms with Gasteiger partial charge in [0, 0.05) is 29.3 Å². The van der Waals surface area contributed by atoms with Crippen LogP contribution in [0.4, 0.5) is 0 Å². The van der Waals surface area contributed by atoms with Crippen LogP contribution in [0.15, 0.2) is 24.3 Å². The summed E-state index contributed by atoms with van der Waals surface area (Å²) >= 11 is 2.15. The molecule has 0 aliphatic carbocycles. The smallest absolute Gasteiger partial charge is 0.309 e. The second kappa shape index (κ2) is 9.17. The molecule has 0 bridgehead atoms. The van der Waals surface area contributed by atoms with Gasteiger partial charge in [-0.25, -0.2) is 0 Å². The molecule has 1 aliphatic heterocycles. The topological polar surface area (TPSA) is 66.9 Å². The summed E-state index contributed by atoms with van der Waals surface area (Å²) in [6.07, 6.45) is 1.22. The van der Waals surface area contributed by atoms with Crippen LogP contribution in [0.2, 0.25) is 0 Å². The Hall–Kier alpha value is -1.64. The molecule has 0 unspecified atom stereocenters. The van der Waals surface area contributed by atoms with Crippen LogP contribution in [0.5, 0.6) is 0 Å². The maximum absolute atomic E-state index is 12.4. The number of hydrogen-bond donors (Lipinski definition) is 0. The summed E-state index contributed by atoms with van der Waals surface area (Å²) in [7, 11) is 1.63. The molecule has 0 aromatic heterocycles. The fourth-order valence-electron chi connectivity index (χ4n) is 2.84. The van der Waals surface area contributed by atoms with Crippen molar-refractivity contribution in [2.24, 2.45) is 5.92 Å². The fraction of sp³-hybridized carbons (Fsp3) is 0.500. The molecule has 1 aliphatic rings. The number of esters is 1. The molecule has 1 aromatic carbocycles. The van der Waals surface area contributed by atoms with E-state index in [9.17, 15) is 14.4 Å². The predicted molar refractivity (Wildman–Crippen MR) is 102 cm³/mol. The molecule has 1 saturated heterocycles. The Labute approximate surface area is 161 Å². The lowest BCUT2D eigenvalue weighted by Gasteiger charge is -2.32. The number of carbonyl (C=O) groups is 3. The second-order valence-corrected chi connectivity index (χ2v) is 7.32. The molecule has 2 amide bonds. The van der Waals surface area contributed by atoms with Crippen molar-refractivity contribution in [3.63, 3.8) is 0 Å². The summed E-state index contributed by atoms with van der Waals surface area (Å²) in [6.45, 7) is 3.25. The van der Waals surface area contributed by atoms with Gasteiger partial charge in [-0.2, -0.15) is 0 Å². The Morgan fingerprint density at radius 3 is 2.56 bits per heavy atom. The number of benzene rings is 1. The van der Waals surface area contributed by atoms with Crippen molar-refractivity contribution in [3.05, 3.63) is 33.4 Å². The quantitative estimate of drug-likeness (QED) is 0.501. The summed E-state index contributed by atoms with van der Waals surface area (Å²) in [5.41, 5.74) is 0.572. The predicted octanol–water partition coefficient (Wildman–Crippen LogP) is 2.16. The maximum Gasteiger partial charge on any atom is 0.309 e. The van der Waals surface area contributed by atoms with E-state index >= 15 is 0 Å². The molecule has 136 valence electrons. The molecule has 7 heteroatoms. The molecular weight excluding hydrogens is 435 g/mol. The highest BCUT2D eigenvalue weighted by molar-refractivity contribution is 14.1. The summed E-state index contributed by atoms with van der Waals surface area (Å²) in [4.78, 5) is 39.7. The van der Waals surface area contributed by atoms with Crippen LogP contribution in [-0.4, -0.2) is 60.9 Å². The Balaban J connectivity index is 1.86. The maximum atomic E-state index is 12.4. The van der Waals surface area contributed by atoms with Gasteiger partial charge in [-0.3, -0.25) is 14.4 Å². The minimum atomic E-state index is -0.180. The highest BCUT2D eigenvalue weighted by Gasteiger charge is 2.29. The Kier molecular flexibility index (Phi) is 7.22. The lowest BCUT2D eigenvalue weighted by atomic mass is 9.97. The zero-order valence-electron chi connectivity index (χ0n) is 14.5. The summed E-state index contributed by atoms with van der Waals surface area (Å²) in [5, 5.41) is 0. The van der Waals surface area contributed by atoms with E-state index in [4.69, 9.17) is 4.74 Å². The number of carbonyl (C=O) groups excluding carboxylic acids is 3. The molecule has 0 radical (unpaired) electrons. The van der Waals surface area contributed by atoms with Crippen LogP contribution in [0.1, 0.15) is 30.1 Å². The van der Waals surface area contributed by atoms with Crippen LogP contribution >= 0.6 is 22.6 Å². The van der Waals surface area contributed by atoms with Crippen molar-refractivity contribution in [2.45, 2.75) is 19.8 Å². The first kappa shape index (κ1) is 19.7. The first-order valence-corrected chi connectivity index (χ1v) is 9.45. The number of piperidine rings is 1. The number of ether oxygens (including phenoxy) is 1. The zero-order chi connectivity index (χ0) is 18.4. The number of amides is 2. The lowest BCUT2D eigenvalue weighted by molar-refractivity contribution is -0.151. The van der Waals surface area contributed by atoms with Crippen LogP contribution in [0.25, 0.3) is 0 Å².